The summed E-state index contributed by atoms with van der Waals surface area (Å²) in [6, 6.07) is 15.4. The zero-order valence-electron chi connectivity index (χ0n) is 16.5. The van der Waals surface area contributed by atoms with Gasteiger partial charge in [0.25, 0.3) is 0 Å². The minimum absolute atomic E-state index is 0.283. The van der Waals surface area contributed by atoms with Gasteiger partial charge in [0.05, 0.1) is 7.11 Å². The fourth-order valence-electron chi connectivity index (χ4n) is 2.67. The normalized spacial score (nSPS) is 11.3. The van der Waals surface area contributed by atoms with Gasteiger partial charge in [-0.1, -0.05) is 41.0 Å². The van der Waals surface area contributed by atoms with E-state index in [4.69, 9.17) is 20.9 Å². The van der Waals surface area contributed by atoms with Crippen LogP contribution in [0.15, 0.2) is 58.0 Å². The highest BCUT2D eigenvalue weighted by atomic mass is 35.5. The molecule has 0 amide bonds. The summed E-state index contributed by atoms with van der Waals surface area (Å²) < 4.78 is 10.5. The van der Waals surface area contributed by atoms with Crippen LogP contribution in [0.1, 0.15) is 18.4 Å². The van der Waals surface area contributed by atoms with E-state index in [0.29, 0.717) is 22.7 Å². The molecule has 1 heterocycles. The number of hydrogen-bond acceptors (Lipinski definition) is 5. The third kappa shape index (κ3) is 6.22. The summed E-state index contributed by atoms with van der Waals surface area (Å²) >= 11 is 6.02. The minimum Gasteiger partial charge on any atom is -0.497 e. The Labute approximate surface area is 175 Å². The SMILES string of the molecule is CCNC(=NCc1nc(-c2cccc(Cl)c2)no1)NCCc1ccc(OC)cc1. The first-order valence-corrected chi connectivity index (χ1v) is 9.79. The quantitative estimate of drug-likeness (QED) is 0.432. The molecule has 0 saturated carbocycles. The van der Waals surface area contributed by atoms with Gasteiger partial charge in [0.1, 0.15) is 12.3 Å². The zero-order valence-corrected chi connectivity index (χ0v) is 17.2. The van der Waals surface area contributed by atoms with Crippen molar-refractivity contribution in [1.29, 1.82) is 0 Å². The highest BCUT2D eigenvalue weighted by Crippen LogP contribution is 2.20. The fraction of sp³-hybridized carbons (Fsp3) is 0.286. The van der Waals surface area contributed by atoms with Crippen molar-refractivity contribution < 1.29 is 9.26 Å². The molecule has 0 radical (unpaired) electrons. The van der Waals surface area contributed by atoms with Crippen LogP contribution in [0.3, 0.4) is 0 Å². The summed E-state index contributed by atoms with van der Waals surface area (Å²) in [6.45, 7) is 3.80. The summed E-state index contributed by atoms with van der Waals surface area (Å²) in [6.07, 6.45) is 0.869. The lowest BCUT2D eigenvalue weighted by molar-refractivity contribution is 0.380. The summed E-state index contributed by atoms with van der Waals surface area (Å²) in [4.78, 5) is 8.91. The maximum atomic E-state index is 6.02. The van der Waals surface area contributed by atoms with Gasteiger partial charge in [-0.05, 0) is 43.2 Å². The van der Waals surface area contributed by atoms with E-state index in [1.54, 1.807) is 19.2 Å². The molecular formula is C21H24ClN5O2. The molecule has 7 nitrogen and oxygen atoms in total. The number of methoxy groups -OCH3 is 1. The second-order valence-electron chi connectivity index (χ2n) is 6.24. The van der Waals surface area contributed by atoms with Gasteiger partial charge in [-0.15, -0.1) is 0 Å². The largest absolute Gasteiger partial charge is 0.497 e. The number of nitrogens with zero attached hydrogens (tertiary/aromatic N) is 3. The van der Waals surface area contributed by atoms with Crippen LogP contribution in [-0.4, -0.2) is 36.3 Å². The maximum absolute atomic E-state index is 6.02. The van der Waals surface area contributed by atoms with E-state index in [1.807, 2.05) is 31.2 Å². The molecule has 0 bridgehead atoms. The first-order chi connectivity index (χ1) is 14.2. The Morgan fingerprint density at radius 1 is 1.17 bits per heavy atom. The van der Waals surface area contributed by atoms with Crippen molar-refractivity contribution in [2.45, 2.75) is 19.9 Å². The van der Waals surface area contributed by atoms with E-state index in [9.17, 15) is 0 Å². The van der Waals surface area contributed by atoms with E-state index >= 15 is 0 Å². The summed E-state index contributed by atoms with van der Waals surface area (Å²) in [5.41, 5.74) is 2.03. The van der Waals surface area contributed by atoms with Crippen LogP contribution in [0.25, 0.3) is 11.4 Å². The van der Waals surface area contributed by atoms with Crippen LogP contribution in [-0.2, 0) is 13.0 Å². The molecule has 3 aromatic rings. The van der Waals surface area contributed by atoms with Crippen molar-refractivity contribution in [3.63, 3.8) is 0 Å². The first kappa shape index (κ1) is 20.7. The highest BCUT2D eigenvalue weighted by molar-refractivity contribution is 6.30. The highest BCUT2D eigenvalue weighted by Gasteiger charge is 2.09. The molecule has 0 aliphatic rings. The van der Waals surface area contributed by atoms with Crippen LogP contribution in [0.4, 0.5) is 0 Å². The molecule has 2 aromatic carbocycles. The van der Waals surface area contributed by atoms with E-state index in [1.165, 1.54) is 5.56 Å². The molecule has 152 valence electrons. The molecule has 0 spiro atoms. The van der Waals surface area contributed by atoms with Gasteiger partial charge >= 0.3 is 0 Å². The third-order valence-corrected chi connectivity index (χ3v) is 4.37. The van der Waals surface area contributed by atoms with Gasteiger partial charge in [-0.3, -0.25) is 0 Å². The zero-order chi connectivity index (χ0) is 20.5. The number of rotatable bonds is 8. The van der Waals surface area contributed by atoms with Crippen molar-refractivity contribution in [1.82, 2.24) is 20.8 Å². The van der Waals surface area contributed by atoms with E-state index in [2.05, 4.69) is 37.9 Å². The number of halogens is 1. The maximum Gasteiger partial charge on any atom is 0.248 e. The van der Waals surface area contributed by atoms with Crippen LogP contribution in [0.5, 0.6) is 5.75 Å². The van der Waals surface area contributed by atoms with Crippen molar-refractivity contribution in [2.24, 2.45) is 4.99 Å². The molecule has 8 heteroatoms. The van der Waals surface area contributed by atoms with E-state index in [0.717, 1.165) is 30.8 Å². The second kappa shape index (κ2) is 10.5. The molecular weight excluding hydrogens is 390 g/mol. The van der Waals surface area contributed by atoms with Crippen LogP contribution < -0.4 is 15.4 Å². The molecule has 0 aliphatic heterocycles. The molecule has 29 heavy (non-hydrogen) atoms. The Kier molecular flexibility index (Phi) is 7.47. The topological polar surface area (TPSA) is 84.6 Å². The van der Waals surface area contributed by atoms with Crippen molar-refractivity contribution in [3.8, 4) is 17.1 Å². The van der Waals surface area contributed by atoms with Gasteiger partial charge in [-0.2, -0.15) is 4.98 Å². The van der Waals surface area contributed by atoms with Gasteiger partial charge in [0.15, 0.2) is 5.96 Å². The van der Waals surface area contributed by atoms with Crippen LogP contribution in [0.2, 0.25) is 5.02 Å². The number of aliphatic imine (C=N–C) groups is 1. The smallest absolute Gasteiger partial charge is 0.248 e. The number of nitrogens with one attached hydrogen (secondary N) is 2. The van der Waals surface area contributed by atoms with Gasteiger partial charge in [0, 0.05) is 23.7 Å². The van der Waals surface area contributed by atoms with E-state index in [-0.39, 0.29) is 6.54 Å². The summed E-state index contributed by atoms with van der Waals surface area (Å²) in [7, 11) is 1.66. The van der Waals surface area contributed by atoms with Crippen molar-refractivity contribution in [2.75, 3.05) is 20.2 Å². The number of guanidine groups is 1. The van der Waals surface area contributed by atoms with Crippen molar-refractivity contribution in [3.05, 3.63) is 65.0 Å². The minimum atomic E-state index is 0.283. The molecule has 2 N–H and O–H groups in total. The Morgan fingerprint density at radius 2 is 2.00 bits per heavy atom. The Balaban J connectivity index is 1.56. The number of ether oxygens (including phenoxy) is 1. The number of benzene rings is 2. The third-order valence-electron chi connectivity index (χ3n) is 4.13. The lowest BCUT2D eigenvalue weighted by Gasteiger charge is -2.11. The van der Waals surface area contributed by atoms with Crippen LogP contribution in [0, 0.1) is 0 Å². The molecule has 0 aliphatic carbocycles. The first-order valence-electron chi connectivity index (χ1n) is 9.41. The predicted octanol–water partition coefficient (Wildman–Crippen LogP) is 3.70. The predicted molar refractivity (Wildman–Crippen MR) is 114 cm³/mol. The lowest BCUT2D eigenvalue weighted by Crippen LogP contribution is -2.38. The molecule has 3 rings (SSSR count). The number of aromatic nitrogens is 2. The Morgan fingerprint density at radius 3 is 2.72 bits per heavy atom. The standard InChI is InChI=1S/C21H24ClN5O2/c1-3-23-21(24-12-11-15-7-9-18(28-2)10-8-15)25-14-19-26-20(27-29-19)16-5-4-6-17(22)13-16/h4-10,13H,3,11-12,14H2,1-2H3,(H2,23,24,25). The van der Waals surface area contributed by atoms with Crippen molar-refractivity contribution >= 4 is 17.6 Å². The molecule has 0 fully saturated rings. The molecule has 0 unspecified atom stereocenters. The molecule has 0 saturated heterocycles. The molecule has 0 atom stereocenters. The monoisotopic (exact) mass is 413 g/mol. The summed E-state index contributed by atoms with van der Waals surface area (Å²) in [5.74, 6) is 2.49. The van der Waals surface area contributed by atoms with Gasteiger partial charge in [-0.25, -0.2) is 4.99 Å². The lowest BCUT2D eigenvalue weighted by atomic mass is 10.1. The van der Waals surface area contributed by atoms with Gasteiger partial charge in [0.2, 0.25) is 11.7 Å². The number of hydrogen-bond donors (Lipinski definition) is 2. The summed E-state index contributed by atoms with van der Waals surface area (Å²) in [5, 5.41) is 11.2. The molecule has 1 aromatic heterocycles. The van der Waals surface area contributed by atoms with Crippen LogP contribution >= 0.6 is 11.6 Å². The fourth-order valence-corrected chi connectivity index (χ4v) is 2.86. The average Bonchev–Trinajstić information content (AvgIpc) is 3.22. The van der Waals surface area contributed by atoms with E-state index < -0.39 is 0 Å². The Bertz CT molecular complexity index is 940. The second-order valence-corrected chi connectivity index (χ2v) is 6.68. The Hall–Kier alpha value is -3.06. The van der Waals surface area contributed by atoms with Gasteiger partial charge < -0.3 is 19.9 Å². The average molecular weight is 414 g/mol.